The van der Waals surface area contributed by atoms with E-state index < -0.39 is 0 Å². The van der Waals surface area contributed by atoms with E-state index in [1.807, 2.05) is 18.9 Å². The lowest BCUT2D eigenvalue weighted by Gasteiger charge is -2.34. The molecule has 1 amide bonds. The van der Waals surface area contributed by atoms with Crippen molar-refractivity contribution in [3.63, 3.8) is 0 Å². The molecule has 2 aliphatic rings. The molecule has 1 aliphatic carbocycles. The average molecular weight is 343 g/mol. The Morgan fingerprint density at radius 1 is 1.24 bits per heavy atom. The Hall–Kier alpha value is -2.18. The smallest absolute Gasteiger partial charge is 0.273 e. The molecule has 0 saturated carbocycles. The first-order valence-corrected chi connectivity index (χ1v) is 9.37. The van der Waals surface area contributed by atoms with Crippen LogP contribution in [0.5, 0.6) is 0 Å². The number of aromatic nitrogens is 4. The molecule has 4 rings (SSSR count). The van der Waals surface area contributed by atoms with Gasteiger partial charge in [-0.05, 0) is 44.9 Å². The Balaban J connectivity index is 1.67. The summed E-state index contributed by atoms with van der Waals surface area (Å²) in [6.07, 6.45) is 7.90. The summed E-state index contributed by atoms with van der Waals surface area (Å²) in [6.45, 7) is 2.72. The highest BCUT2D eigenvalue weighted by molar-refractivity contribution is 5.94. The second-order valence-electron chi connectivity index (χ2n) is 7.01. The molecule has 3 heterocycles. The lowest BCUT2D eigenvalue weighted by Crippen LogP contribution is -2.40. The van der Waals surface area contributed by atoms with Crippen LogP contribution in [0.4, 0.5) is 0 Å². The van der Waals surface area contributed by atoms with Gasteiger partial charge in [0.25, 0.3) is 5.91 Å². The van der Waals surface area contributed by atoms with Crippen LogP contribution in [0.2, 0.25) is 0 Å². The molecule has 1 fully saturated rings. The van der Waals surface area contributed by atoms with Gasteiger partial charge in [0.15, 0.2) is 5.82 Å². The summed E-state index contributed by atoms with van der Waals surface area (Å²) in [6, 6.07) is -0.0977. The minimum absolute atomic E-state index is 0.0608. The number of piperidine rings is 1. The summed E-state index contributed by atoms with van der Waals surface area (Å²) in [5, 5.41) is 8.73. The lowest BCUT2D eigenvalue weighted by molar-refractivity contribution is 0.0584. The van der Waals surface area contributed by atoms with Crippen LogP contribution < -0.4 is 0 Å². The highest BCUT2D eigenvalue weighted by atomic mass is 16.5. The summed E-state index contributed by atoms with van der Waals surface area (Å²) in [7, 11) is 1.88. The number of fused-ring (bicyclic) bond motifs is 1. The predicted octanol–water partition coefficient (Wildman–Crippen LogP) is 2.61. The normalized spacial score (nSPS) is 20.6. The van der Waals surface area contributed by atoms with E-state index in [2.05, 4.69) is 15.2 Å². The third-order valence-corrected chi connectivity index (χ3v) is 5.37. The van der Waals surface area contributed by atoms with Gasteiger partial charge in [-0.2, -0.15) is 10.1 Å². The highest BCUT2D eigenvalue weighted by Crippen LogP contribution is 2.32. The zero-order chi connectivity index (χ0) is 17.4. The second-order valence-corrected chi connectivity index (χ2v) is 7.01. The molecule has 7 heteroatoms. The van der Waals surface area contributed by atoms with Gasteiger partial charge in [-0.1, -0.05) is 12.1 Å². The zero-order valence-electron chi connectivity index (χ0n) is 15.0. The maximum Gasteiger partial charge on any atom is 0.273 e. The predicted molar refractivity (Wildman–Crippen MR) is 91.2 cm³/mol. The van der Waals surface area contributed by atoms with Gasteiger partial charge in [-0.3, -0.25) is 9.48 Å². The van der Waals surface area contributed by atoms with Gasteiger partial charge >= 0.3 is 0 Å². The first-order valence-electron chi connectivity index (χ1n) is 9.37. The van der Waals surface area contributed by atoms with Crippen molar-refractivity contribution >= 4 is 5.91 Å². The topological polar surface area (TPSA) is 77.1 Å². The van der Waals surface area contributed by atoms with E-state index >= 15 is 0 Å². The van der Waals surface area contributed by atoms with Crippen LogP contribution in [0, 0.1) is 0 Å². The Kier molecular flexibility index (Phi) is 4.31. The van der Waals surface area contributed by atoms with Crippen LogP contribution in [-0.2, 0) is 26.3 Å². The lowest BCUT2D eigenvalue weighted by atomic mass is 9.94. The van der Waals surface area contributed by atoms with Crippen LogP contribution in [0.1, 0.15) is 78.5 Å². The summed E-state index contributed by atoms with van der Waals surface area (Å²) in [5.74, 6) is 1.33. The number of hydrogen-bond donors (Lipinski definition) is 0. The molecule has 1 aliphatic heterocycles. The van der Waals surface area contributed by atoms with Gasteiger partial charge in [0.1, 0.15) is 5.69 Å². The third-order valence-electron chi connectivity index (χ3n) is 5.37. The van der Waals surface area contributed by atoms with Gasteiger partial charge in [0.05, 0.1) is 11.7 Å². The van der Waals surface area contributed by atoms with Crippen molar-refractivity contribution in [2.45, 2.75) is 64.3 Å². The van der Waals surface area contributed by atoms with Crippen molar-refractivity contribution in [2.75, 3.05) is 6.54 Å². The van der Waals surface area contributed by atoms with Crippen molar-refractivity contribution in [3.8, 4) is 0 Å². The van der Waals surface area contributed by atoms with Crippen molar-refractivity contribution in [3.05, 3.63) is 28.7 Å². The number of carbonyl (C=O) groups is 1. The van der Waals surface area contributed by atoms with E-state index in [4.69, 9.17) is 4.52 Å². The summed E-state index contributed by atoms with van der Waals surface area (Å²) < 4.78 is 7.06. The van der Waals surface area contributed by atoms with Crippen LogP contribution in [0.3, 0.4) is 0 Å². The number of likely N-dealkylation sites (tertiary alicyclic amines) is 1. The van der Waals surface area contributed by atoms with E-state index in [0.717, 1.165) is 68.4 Å². The van der Waals surface area contributed by atoms with Crippen molar-refractivity contribution < 1.29 is 9.32 Å². The van der Waals surface area contributed by atoms with E-state index in [9.17, 15) is 4.79 Å². The molecule has 0 radical (unpaired) electrons. The quantitative estimate of drug-likeness (QED) is 0.856. The molecule has 1 saturated heterocycles. The van der Waals surface area contributed by atoms with Gasteiger partial charge in [-0.25, -0.2) is 0 Å². The van der Waals surface area contributed by atoms with Crippen LogP contribution in [0.25, 0.3) is 0 Å². The van der Waals surface area contributed by atoms with E-state index in [0.29, 0.717) is 18.1 Å². The first-order chi connectivity index (χ1) is 12.2. The Labute approximate surface area is 147 Å². The molecule has 7 nitrogen and oxygen atoms in total. The summed E-state index contributed by atoms with van der Waals surface area (Å²) in [5.41, 5.74) is 2.99. The Morgan fingerprint density at radius 2 is 2.08 bits per heavy atom. The van der Waals surface area contributed by atoms with Gasteiger partial charge in [0.2, 0.25) is 5.89 Å². The molecule has 0 N–H and O–H groups in total. The van der Waals surface area contributed by atoms with Crippen LogP contribution >= 0.6 is 0 Å². The van der Waals surface area contributed by atoms with Gasteiger partial charge in [0, 0.05) is 25.6 Å². The number of hydrogen-bond acceptors (Lipinski definition) is 5. The first kappa shape index (κ1) is 16.3. The molecule has 0 bridgehead atoms. The fourth-order valence-electron chi connectivity index (χ4n) is 4.07. The number of rotatable bonds is 3. The van der Waals surface area contributed by atoms with Gasteiger partial charge in [-0.15, -0.1) is 0 Å². The molecule has 0 spiro atoms. The fourth-order valence-corrected chi connectivity index (χ4v) is 4.07. The molecule has 1 atom stereocenters. The molecular formula is C18H25N5O2. The summed E-state index contributed by atoms with van der Waals surface area (Å²) >= 11 is 0. The molecule has 25 heavy (non-hydrogen) atoms. The highest BCUT2D eigenvalue weighted by Gasteiger charge is 2.35. The standard InChI is InChI=1S/C18H25N5O2/c1-3-15-19-17(21-25-15)14-10-6-7-11-23(14)18(24)16-12-8-4-5-9-13(12)20-22(16)2/h14H,3-11H2,1-2H3. The van der Waals surface area contributed by atoms with Crippen LogP contribution in [-0.4, -0.2) is 37.3 Å². The molecule has 2 aromatic heterocycles. The molecule has 0 aromatic carbocycles. The summed E-state index contributed by atoms with van der Waals surface area (Å²) in [4.78, 5) is 19.8. The van der Waals surface area contributed by atoms with E-state index in [1.165, 1.54) is 0 Å². The molecule has 134 valence electrons. The van der Waals surface area contributed by atoms with Crippen molar-refractivity contribution in [1.82, 2.24) is 24.8 Å². The Morgan fingerprint density at radius 3 is 2.88 bits per heavy atom. The number of nitrogens with zero attached hydrogens (tertiary/aromatic N) is 5. The molecule has 1 unspecified atom stereocenters. The maximum atomic E-state index is 13.4. The van der Waals surface area contributed by atoms with E-state index in [-0.39, 0.29) is 11.9 Å². The Bertz CT molecular complexity index is 779. The zero-order valence-corrected chi connectivity index (χ0v) is 15.0. The fraction of sp³-hybridized carbons (Fsp3) is 0.667. The largest absolute Gasteiger partial charge is 0.339 e. The van der Waals surface area contributed by atoms with Gasteiger partial charge < -0.3 is 9.42 Å². The maximum absolute atomic E-state index is 13.4. The molecular weight excluding hydrogens is 318 g/mol. The number of amides is 1. The number of aryl methyl sites for hydroxylation is 3. The second kappa shape index (κ2) is 6.61. The molecule has 2 aromatic rings. The third kappa shape index (κ3) is 2.85. The van der Waals surface area contributed by atoms with Crippen LogP contribution in [0.15, 0.2) is 4.52 Å². The monoisotopic (exact) mass is 343 g/mol. The SMILES string of the molecule is CCc1nc(C2CCCCN2C(=O)c2c3c(nn2C)CCCC3)no1. The van der Waals surface area contributed by atoms with E-state index in [1.54, 1.807) is 4.68 Å². The van der Waals surface area contributed by atoms with Crippen molar-refractivity contribution in [1.29, 1.82) is 0 Å². The minimum atomic E-state index is -0.0977. The minimum Gasteiger partial charge on any atom is -0.339 e. The average Bonchev–Trinajstić information content (AvgIpc) is 3.24. The number of carbonyl (C=O) groups excluding carboxylic acids is 1. The van der Waals surface area contributed by atoms with Crippen molar-refractivity contribution in [2.24, 2.45) is 7.05 Å².